The van der Waals surface area contributed by atoms with Gasteiger partial charge in [0.25, 0.3) is 0 Å². The van der Waals surface area contributed by atoms with Crippen LogP contribution in [-0.2, 0) is 24.1 Å². The summed E-state index contributed by atoms with van der Waals surface area (Å²) in [6.45, 7) is -3.62. The van der Waals surface area contributed by atoms with E-state index in [-0.39, 0.29) is 43.2 Å². The number of amides is 1. The molecule has 1 unspecified atom stereocenters. The third kappa shape index (κ3) is 4.94. The minimum atomic E-state index is -2.66. The van der Waals surface area contributed by atoms with E-state index in [1.165, 1.54) is 27.3 Å². The summed E-state index contributed by atoms with van der Waals surface area (Å²) in [5.41, 5.74) is 3.15. The number of carbonyl (C=O) groups excluding carboxylic acids is 1. The standard InChI is InChI=1S/C27H36N2O5/c1-28(17-21-11-20-14-25(33-4)26(34-5)16-22(20)21)8-6-9-29-10-7-18-12-23(31-2)24(32-3)13-19(18)15-27(29)30/h12-14,16,21H,6-11,15,17H2,1-5H3/i4D3,8D2,17D2. The molecule has 0 radical (unpaired) electrons. The van der Waals surface area contributed by atoms with Crippen LogP contribution >= 0.6 is 0 Å². The number of benzene rings is 2. The Morgan fingerprint density at radius 3 is 2.35 bits per heavy atom. The molecular weight excluding hydrogens is 432 g/mol. The fourth-order valence-electron chi connectivity index (χ4n) is 4.56. The molecule has 4 rings (SSSR count). The van der Waals surface area contributed by atoms with Crippen LogP contribution in [0.4, 0.5) is 0 Å². The molecule has 0 N–H and O–H groups in total. The quantitative estimate of drug-likeness (QED) is 0.526. The summed E-state index contributed by atoms with van der Waals surface area (Å²) in [7, 11) is 3.21. The van der Waals surface area contributed by atoms with Gasteiger partial charge in [-0.25, -0.2) is 0 Å². The van der Waals surface area contributed by atoms with Gasteiger partial charge in [0, 0.05) is 31.0 Å². The Morgan fingerprint density at radius 2 is 1.65 bits per heavy atom. The number of methoxy groups -OCH3 is 4. The molecule has 1 heterocycles. The van der Waals surface area contributed by atoms with Crippen LogP contribution in [0.25, 0.3) is 0 Å². The zero-order chi connectivity index (χ0) is 30.3. The van der Waals surface area contributed by atoms with Crippen molar-refractivity contribution in [3.8, 4) is 23.0 Å². The number of nitrogens with zero attached hydrogens (tertiary/aromatic N) is 2. The Labute approximate surface area is 212 Å². The lowest BCUT2D eigenvalue weighted by Gasteiger charge is -2.34. The third-order valence-corrected chi connectivity index (χ3v) is 6.47. The number of carbonyl (C=O) groups is 1. The van der Waals surface area contributed by atoms with Gasteiger partial charge in [-0.2, -0.15) is 0 Å². The highest BCUT2D eigenvalue weighted by Crippen LogP contribution is 2.42. The van der Waals surface area contributed by atoms with Crippen molar-refractivity contribution in [3.63, 3.8) is 0 Å². The van der Waals surface area contributed by atoms with E-state index >= 15 is 0 Å². The second kappa shape index (κ2) is 10.6. The first-order chi connectivity index (χ1) is 19.1. The van der Waals surface area contributed by atoms with E-state index in [2.05, 4.69) is 0 Å². The van der Waals surface area contributed by atoms with E-state index in [4.69, 9.17) is 28.5 Å². The molecule has 7 heteroatoms. The summed E-state index contributed by atoms with van der Waals surface area (Å²) in [5, 5.41) is 0. The Balaban J connectivity index is 1.44. The monoisotopic (exact) mass is 475 g/mol. The first-order valence-corrected chi connectivity index (χ1v) is 11.3. The number of ether oxygens (including phenoxy) is 4. The molecule has 0 fully saturated rings. The minimum Gasteiger partial charge on any atom is -0.493 e. The molecule has 1 atom stereocenters. The maximum atomic E-state index is 13.1. The van der Waals surface area contributed by atoms with Gasteiger partial charge >= 0.3 is 0 Å². The third-order valence-electron chi connectivity index (χ3n) is 6.47. The Bertz CT molecular complexity index is 1300. The van der Waals surface area contributed by atoms with E-state index in [1.807, 2.05) is 6.07 Å². The molecule has 7 nitrogen and oxygen atoms in total. The molecule has 0 aromatic heterocycles. The Hall–Kier alpha value is -2.93. The first-order valence-electron chi connectivity index (χ1n) is 14.8. The normalized spacial score (nSPS) is 21.2. The van der Waals surface area contributed by atoms with Gasteiger partial charge in [0.1, 0.15) is 0 Å². The summed E-state index contributed by atoms with van der Waals surface area (Å²) in [5.74, 6) is 0.546. The molecule has 184 valence electrons. The van der Waals surface area contributed by atoms with Gasteiger partial charge in [0.2, 0.25) is 5.91 Å². The summed E-state index contributed by atoms with van der Waals surface area (Å²) >= 11 is 0. The van der Waals surface area contributed by atoms with Crippen molar-refractivity contribution in [1.82, 2.24) is 9.80 Å². The molecule has 2 aliphatic rings. The van der Waals surface area contributed by atoms with Crippen LogP contribution in [0.15, 0.2) is 24.3 Å². The lowest BCUT2D eigenvalue weighted by atomic mass is 9.77. The summed E-state index contributed by atoms with van der Waals surface area (Å²) in [6.07, 6.45) is 0.921. The van der Waals surface area contributed by atoms with Crippen LogP contribution in [0.5, 0.6) is 23.0 Å². The lowest BCUT2D eigenvalue weighted by molar-refractivity contribution is -0.130. The van der Waals surface area contributed by atoms with Gasteiger partial charge in [-0.05, 0) is 79.3 Å². The fourth-order valence-corrected chi connectivity index (χ4v) is 4.56. The van der Waals surface area contributed by atoms with Crippen LogP contribution in [0.2, 0.25) is 0 Å². The van der Waals surface area contributed by atoms with Gasteiger partial charge in [-0.15, -0.1) is 0 Å². The molecule has 1 aliphatic carbocycles. The molecule has 2 aromatic rings. The largest absolute Gasteiger partial charge is 0.493 e. The van der Waals surface area contributed by atoms with Crippen LogP contribution in [0.3, 0.4) is 0 Å². The van der Waals surface area contributed by atoms with Crippen molar-refractivity contribution in [3.05, 3.63) is 46.5 Å². The summed E-state index contributed by atoms with van der Waals surface area (Å²) < 4.78 is 78.3. The fraction of sp³-hybridized carbons (Fsp3) is 0.519. The summed E-state index contributed by atoms with van der Waals surface area (Å²) in [6, 6.07) is 6.77. The lowest BCUT2D eigenvalue weighted by Crippen LogP contribution is -2.36. The van der Waals surface area contributed by atoms with Gasteiger partial charge in [0.05, 0.1) is 38.9 Å². The van der Waals surface area contributed by atoms with E-state index in [1.54, 1.807) is 24.1 Å². The van der Waals surface area contributed by atoms with Crippen molar-refractivity contribution >= 4 is 5.91 Å². The van der Waals surface area contributed by atoms with Crippen LogP contribution in [-0.4, -0.2) is 77.2 Å². The molecule has 2 aromatic carbocycles. The molecule has 0 spiro atoms. The zero-order valence-corrected chi connectivity index (χ0v) is 20.1. The maximum absolute atomic E-state index is 13.1. The maximum Gasteiger partial charge on any atom is 0.227 e. The highest BCUT2D eigenvalue weighted by Gasteiger charge is 2.29. The van der Waals surface area contributed by atoms with Crippen molar-refractivity contribution in [2.24, 2.45) is 0 Å². The molecule has 1 aliphatic heterocycles. The number of hydrogen-bond acceptors (Lipinski definition) is 6. The van der Waals surface area contributed by atoms with Gasteiger partial charge < -0.3 is 28.7 Å². The molecule has 0 saturated carbocycles. The Morgan fingerprint density at radius 1 is 1.00 bits per heavy atom. The molecule has 1 amide bonds. The topological polar surface area (TPSA) is 60.5 Å². The second-order valence-corrected chi connectivity index (χ2v) is 8.44. The van der Waals surface area contributed by atoms with Gasteiger partial charge in [-0.3, -0.25) is 4.79 Å². The molecule has 0 bridgehead atoms. The van der Waals surface area contributed by atoms with Crippen LogP contribution < -0.4 is 18.9 Å². The molecular formula is C27H36N2O5. The molecule has 34 heavy (non-hydrogen) atoms. The first kappa shape index (κ1) is 16.7. The SMILES string of the molecule is [2H]C([2H])([2H])Oc1cc2c(cc1OC)C(C([2H])([2H])N(C)C([2H])([2H])CCN1CCc3cc(OC)c(OC)cc3CC1=O)C2. The Kier molecular flexibility index (Phi) is 5.17. The minimum absolute atomic E-state index is 0.0510. The van der Waals surface area contributed by atoms with Gasteiger partial charge in [-0.1, -0.05) is 0 Å². The van der Waals surface area contributed by atoms with Crippen LogP contribution in [0, 0.1) is 0 Å². The van der Waals surface area contributed by atoms with E-state index in [9.17, 15) is 4.79 Å². The predicted molar refractivity (Wildman–Crippen MR) is 132 cm³/mol. The van der Waals surface area contributed by atoms with Crippen LogP contribution in [0.1, 0.15) is 44.2 Å². The zero-order valence-electron chi connectivity index (χ0n) is 27.1. The van der Waals surface area contributed by atoms with E-state index < -0.39 is 25.9 Å². The summed E-state index contributed by atoms with van der Waals surface area (Å²) in [4.78, 5) is 15.8. The van der Waals surface area contributed by atoms with Crippen molar-refractivity contribution < 1.29 is 33.3 Å². The van der Waals surface area contributed by atoms with Gasteiger partial charge in [0.15, 0.2) is 23.0 Å². The number of likely N-dealkylation sites (N-methyl/N-ethyl adjacent to an activating group) is 1. The second-order valence-electron chi connectivity index (χ2n) is 8.44. The highest BCUT2D eigenvalue weighted by atomic mass is 16.5. The van der Waals surface area contributed by atoms with E-state index in [0.29, 0.717) is 30.0 Å². The number of fused-ring (bicyclic) bond motifs is 2. The predicted octanol–water partition coefficient (Wildman–Crippen LogP) is 3.31. The van der Waals surface area contributed by atoms with Crippen molar-refractivity contribution in [2.45, 2.75) is 31.6 Å². The van der Waals surface area contributed by atoms with Crippen molar-refractivity contribution in [2.75, 3.05) is 61.5 Å². The average Bonchev–Trinajstić information content (AvgIpc) is 3.04. The number of rotatable bonds is 10. The number of hydrogen-bond donors (Lipinski definition) is 0. The van der Waals surface area contributed by atoms with E-state index in [0.717, 1.165) is 21.6 Å². The highest BCUT2D eigenvalue weighted by molar-refractivity contribution is 5.80. The average molecular weight is 476 g/mol. The molecule has 0 saturated heterocycles. The smallest absolute Gasteiger partial charge is 0.227 e. The van der Waals surface area contributed by atoms with Crippen molar-refractivity contribution in [1.29, 1.82) is 0 Å².